The van der Waals surface area contributed by atoms with Gasteiger partial charge >= 0.3 is 0 Å². The second kappa shape index (κ2) is 7.25. The van der Waals surface area contributed by atoms with Gasteiger partial charge in [0.25, 0.3) is 0 Å². The van der Waals surface area contributed by atoms with E-state index in [2.05, 4.69) is 16.0 Å². The van der Waals surface area contributed by atoms with Crippen molar-refractivity contribution in [2.24, 2.45) is 0 Å². The Balaban J connectivity index is 1.72. The first-order chi connectivity index (χ1) is 12.3. The number of hydrogen-bond donors (Lipinski definition) is 3. The molecule has 0 radical (unpaired) electrons. The van der Waals surface area contributed by atoms with Gasteiger partial charge in [-0.2, -0.15) is 0 Å². The Kier molecular flexibility index (Phi) is 5.04. The minimum absolute atomic E-state index is 0.0642. The van der Waals surface area contributed by atoms with E-state index in [-0.39, 0.29) is 24.1 Å². The van der Waals surface area contributed by atoms with E-state index in [1.807, 2.05) is 44.2 Å². The van der Waals surface area contributed by atoms with Crippen LogP contribution in [0.25, 0.3) is 0 Å². The molecule has 0 spiro atoms. The molecule has 2 atom stereocenters. The van der Waals surface area contributed by atoms with Crippen LogP contribution in [0.1, 0.15) is 37.6 Å². The maximum atomic E-state index is 13.1. The fraction of sp³-hybridized carbons (Fsp3) is 0.300. The summed E-state index contributed by atoms with van der Waals surface area (Å²) in [5.74, 6) is -0.778. The fourth-order valence-corrected chi connectivity index (χ4v) is 3.03. The molecule has 2 unspecified atom stereocenters. The van der Waals surface area contributed by atoms with Crippen LogP contribution in [0.2, 0.25) is 0 Å². The predicted octanol–water partition coefficient (Wildman–Crippen LogP) is 2.35. The number of carbonyl (C=O) groups is 2. The summed E-state index contributed by atoms with van der Waals surface area (Å²) >= 11 is 0. The number of halogens is 1. The quantitative estimate of drug-likeness (QED) is 0.789. The van der Waals surface area contributed by atoms with Crippen molar-refractivity contribution in [1.29, 1.82) is 0 Å². The standard InChI is InChI=1S/C20H22FN3O2/c1-20(2,14-8-10-15(21)11-9-14)24-19(26)16-12-17(25)23-18(22-16)13-6-4-3-5-7-13/h3-11,16,18,22H,12H2,1-2H3,(H,23,25)(H,24,26). The molecule has 2 amide bonds. The monoisotopic (exact) mass is 355 g/mol. The first-order valence-corrected chi connectivity index (χ1v) is 8.53. The average molecular weight is 355 g/mol. The van der Waals surface area contributed by atoms with Gasteiger partial charge in [-0.3, -0.25) is 14.9 Å². The van der Waals surface area contributed by atoms with Gasteiger partial charge in [-0.05, 0) is 37.1 Å². The minimum atomic E-state index is -0.692. The van der Waals surface area contributed by atoms with Gasteiger partial charge in [0.1, 0.15) is 12.0 Å². The Morgan fingerprint density at radius 2 is 1.77 bits per heavy atom. The lowest BCUT2D eigenvalue weighted by Gasteiger charge is -2.34. The Morgan fingerprint density at radius 3 is 2.42 bits per heavy atom. The zero-order chi connectivity index (χ0) is 18.7. The van der Waals surface area contributed by atoms with Crippen LogP contribution >= 0.6 is 0 Å². The first-order valence-electron chi connectivity index (χ1n) is 8.53. The highest BCUT2D eigenvalue weighted by Crippen LogP contribution is 2.22. The molecule has 0 aromatic heterocycles. The van der Waals surface area contributed by atoms with Crippen LogP contribution < -0.4 is 16.0 Å². The number of amides is 2. The van der Waals surface area contributed by atoms with Crippen LogP contribution in [0, 0.1) is 5.82 Å². The van der Waals surface area contributed by atoms with Gasteiger partial charge in [-0.25, -0.2) is 4.39 Å². The second-order valence-electron chi connectivity index (χ2n) is 6.96. The van der Waals surface area contributed by atoms with Crippen LogP contribution in [-0.2, 0) is 15.1 Å². The molecule has 5 nitrogen and oxygen atoms in total. The van der Waals surface area contributed by atoms with E-state index >= 15 is 0 Å². The van der Waals surface area contributed by atoms with Crippen LogP contribution in [0.4, 0.5) is 4.39 Å². The third kappa shape index (κ3) is 4.08. The highest BCUT2D eigenvalue weighted by atomic mass is 19.1. The van der Waals surface area contributed by atoms with E-state index in [1.54, 1.807) is 12.1 Å². The average Bonchev–Trinajstić information content (AvgIpc) is 2.62. The molecule has 1 aliphatic heterocycles. The smallest absolute Gasteiger partial charge is 0.238 e. The topological polar surface area (TPSA) is 70.2 Å². The predicted molar refractivity (Wildman–Crippen MR) is 96.4 cm³/mol. The Labute approximate surface area is 152 Å². The molecule has 1 fully saturated rings. The molecule has 1 saturated heterocycles. The summed E-state index contributed by atoms with van der Waals surface area (Å²) in [5, 5.41) is 8.98. The molecule has 0 saturated carbocycles. The van der Waals surface area contributed by atoms with Crippen molar-refractivity contribution in [2.75, 3.05) is 0 Å². The zero-order valence-electron chi connectivity index (χ0n) is 14.8. The van der Waals surface area contributed by atoms with Gasteiger partial charge in [0.15, 0.2) is 0 Å². The summed E-state index contributed by atoms with van der Waals surface area (Å²) in [4.78, 5) is 24.8. The summed E-state index contributed by atoms with van der Waals surface area (Å²) in [6, 6.07) is 14.8. The number of rotatable bonds is 4. The van der Waals surface area contributed by atoms with Gasteiger partial charge in [0.05, 0.1) is 18.0 Å². The van der Waals surface area contributed by atoms with E-state index in [0.717, 1.165) is 11.1 Å². The van der Waals surface area contributed by atoms with Crippen molar-refractivity contribution in [3.63, 3.8) is 0 Å². The molecule has 2 aromatic carbocycles. The van der Waals surface area contributed by atoms with Crippen molar-refractivity contribution in [2.45, 2.75) is 38.0 Å². The molecule has 26 heavy (non-hydrogen) atoms. The molecule has 1 heterocycles. The normalized spacial score (nSPS) is 20.3. The molecule has 6 heteroatoms. The molecular formula is C20H22FN3O2. The zero-order valence-corrected chi connectivity index (χ0v) is 14.8. The Bertz CT molecular complexity index is 790. The van der Waals surface area contributed by atoms with E-state index in [9.17, 15) is 14.0 Å². The van der Waals surface area contributed by atoms with E-state index in [1.165, 1.54) is 12.1 Å². The Hall–Kier alpha value is -2.73. The molecule has 0 bridgehead atoms. The highest BCUT2D eigenvalue weighted by Gasteiger charge is 2.34. The van der Waals surface area contributed by atoms with Gasteiger partial charge in [-0.15, -0.1) is 0 Å². The summed E-state index contributed by atoms with van der Waals surface area (Å²) in [5.41, 5.74) is 0.978. The third-order valence-electron chi connectivity index (χ3n) is 4.51. The first kappa shape index (κ1) is 18.1. The van der Waals surface area contributed by atoms with Gasteiger partial charge in [0, 0.05) is 0 Å². The van der Waals surface area contributed by atoms with E-state index in [0.29, 0.717) is 0 Å². The van der Waals surface area contributed by atoms with Crippen molar-refractivity contribution >= 4 is 11.8 Å². The van der Waals surface area contributed by atoms with Crippen molar-refractivity contribution < 1.29 is 14.0 Å². The van der Waals surface area contributed by atoms with Gasteiger partial charge in [-0.1, -0.05) is 42.5 Å². The molecule has 2 aromatic rings. The maximum absolute atomic E-state index is 13.1. The Morgan fingerprint density at radius 1 is 1.12 bits per heavy atom. The number of hydrogen-bond acceptors (Lipinski definition) is 3. The van der Waals surface area contributed by atoms with Crippen LogP contribution in [-0.4, -0.2) is 17.9 Å². The van der Waals surface area contributed by atoms with Gasteiger partial charge < -0.3 is 10.6 Å². The van der Waals surface area contributed by atoms with E-state index in [4.69, 9.17) is 0 Å². The lowest BCUT2D eigenvalue weighted by atomic mass is 9.93. The highest BCUT2D eigenvalue weighted by molar-refractivity contribution is 5.90. The number of nitrogens with one attached hydrogen (secondary N) is 3. The fourth-order valence-electron chi connectivity index (χ4n) is 3.03. The molecule has 0 aliphatic carbocycles. The van der Waals surface area contributed by atoms with Crippen molar-refractivity contribution in [3.05, 3.63) is 71.5 Å². The van der Waals surface area contributed by atoms with Crippen molar-refractivity contribution in [3.8, 4) is 0 Å². The van der Waals surface area contributed by atoms with Crippen LogP contribution in [0.15, 0.2) is 54.6 Å². The summed E-state index contributed by atoms with van der Waals surface area (Å²) < 4.78 is 13.1. The lowest BCUT2D eigenvalue weighted by Crippen LogP contribution is -2.58. The molecular weight excluding hydrogens is 333 g/mol. The molecule has 136 valence electrons. The second-order valence-corrected chi connectivity index (χ2v) is 6.96. The summed E-state index contributed by atoms with van der Waals surface area (Å²) in [6.45, 7) is 3.69. The van der Waals surface area contributed by atoms with Crippen molar-refractivity contribution in [1.82, 2.24) is 16.0 Å². The lowest BCUT2D eigenvalue weighted by molar-refractivity contribution is -0.132. The van der Waals surface area contributed by atoms with Crippen LogP contribution in [0.5, 0.6) is 0 Å². The molecule has 3 rings (SSSR count). The maximum Gasteiger partial charge on any atom is 0.238 e. The molecule has 3 N–H and O–H groups in total. The minimum Gasteiger partial charge on any atom is -0.346 e. The number of carbonyl (C=O) groups excluding carboxylic acids is 2. The van der Waals surface area contributed by atoms with Crippen LogP contribution in [0.3, 0.4) is 0 Å². The van der Waals surface area contributed by atoms with Gasteiger partial charge in [0.2, 0.25) is 11.8 Å². The molecule has 1 aliphatic rings. The summed E-state index contributed by atoms with van der Waals surface area (Å²) in [6.07, 6.45) is -0.351. The largest absolute Gasteiger partial charge is 0.346 e. The summed E-state index contributed by atoms with van der Waals surface area (Å²) in [7, 11) is 0. The number of benzene rings is 2. The SMILES string of the molecule is CC(C)(NC(=O)C1CC(=O)NC(c2ccccc2)N1)c1ccc(F)cc1. The van der Waals surface area contributed by atoms with E-state index < -0.39 is 17.7 Å². The third-order valence-corrected chi connectivity index (χ3v) is 4.51.